The van der Waals surface area contributed by atoms with Crippen LogP contribution in [-0.4, -0.2) is 20.1 Å². The topological polar surface area (TPSA) is 65.7 Å². The van der Waals surface area contributed by atoms with Crippen molar-refractivity contribution in [1.82, 2.24) is 25.1 Å². The fourth-order valence-corrected chi connectivity index (χ4v) is 3.48. The van der Waals surface area contributed by atoms with E-state index in [1.165, 1.54) is 0 Å². The van der Waals surface area contributed by atoms with Crippen LogP contribution in [0.25, 0.3) is 22.6 Å². The van der Waals surface area contributed by atoms with Crippen LogP contribution in [0.15, 0.2) is 36.4 Å². The van der Waals surface area contributed by atoms with Crippen molar-refractivity contribution in [3.63, 3.8) is 0 Å². The molecule has 4 aromatic heterocycles. The average Bonchev–Trinajstić information content (AvgIpc) is 3.24. The molecule has 0 N–H and O–H groups in total. The van der Waals surface area contributed by atoms with E-state index in [0.29, 0.717) is 11.4 Å². The van der Waals surface area contributed by atoms with Gasteiger partial charge in [0.1, 0.15) is 17.6 Å². The molecule has 0 amide bonds. The van der Waals surface area contributed by atoms with Crippen molar-refractivity contribution in [2.75, 3.05) is 0 Å². The van der Waals surface area contributed by atoms with E-state index in [0.717, 1.165) is 23.3 Å². The van der Waals surface area contributed by atoms with Gasteiger partial charge in [0.25, 0.3) is 0 Å². The fraction of sp³-hybridized carbons (Fsp3) is 0.250. The number of alkyl halides is 3. The Labute approximate surface area is 212 Å². The second-order valence-electron chi connectivity index (χ2n) is 8.46. The standard InChI is InChI=1S/C24H18F5N5.Pt/c1-12-7-15(14-5-6-21(25)32-22(14)26)30-18(9-12)23(3,4)19-10-13(2)8-16(31-19)17-11-20(34-33-17)24(27,28)29;/h6-11H,1-4H3;/q-2;+2. The molecule has 0 saturated heterocycles. The van der Waals surface area contributed by atoms with Crippen LogP contribution in [0.1, 0.15) is 42.1 Å². The third-order valence-corrected chi connectivity index (χ3v) is 5.31. The van der Waals surface area contributed by atoms with Gasteiger partial charge in [0.15, 0.2) is 0 Å². The Kier molecular flexibility index (Phi) is 7.27. The molecule has 0 aliphatic carbocycles. The number of aromatic nitrogens is 5. The van der Waals surface area contributed by atoms with E-state index < -0.39 is 29.2 Å². The predicted octanol–water partition coefficient (Wildman–Crippen LogP) is 5.60. The Balaban J connectivity index is 0.00000342. The van der Waals surface area contributed by atoms with Crippen molar-refractivity contribution in [3.05, 3.63) is 82.6 Å². The number of hydrogen-bond acceptors (Lipinski definition) is 4. The van der Waals surface area contributed by atoms with Gasteiger partial charge in [-0.1, -0.05) is 29.0 Å². The van der Waals surface area contributed by atoms with Crippen LogP contribution < -0.4 is 5.10 Å². The molecular weight excluding hydrogens is 648 g/mol. The Morgan fingerprint density at radius 1 is 0.800 bits per heavy atom. The van der Waals surface area contributed by atoms with Crippen LogP contribution in [0.4, 0.5) is 22.0 Å². The fourth-order valence-electron chi connectivity index (χ4n) is 3.48. The SMILES string of the molecule is Cc1cc(-c2cc(C(F)(F)F)n[n-]2)nc(C(C)(C)c2cc(C)cc(-c3[c-]cc(F)nc3F)n2)c1.[Pt+2]. The minimum Gasteiger partial charge on any atom is -0.573 e. The normalized spacial score (nSPS) is 11.9. The van der Waals surface area contributed by atoms with Gasteiger partial charge < -0.3 is 15.2 Å². The Morgan fingerprint density at radius 3 is 1.91 bits per heavy atom. The molecule has 0 saturated carbocycles. The van der Waals surface area contributed by atoms with Crippen molar-refractivity contribution < 1.29 is 43.0 Å². The largest absolute Gasteiger partial charge is 2.00 e. The summed E-state index contributed by atoms with van der Waals surface area (Å²) in [7, 11) is 0. The van der Waals surface area contributed by atoms with Gasteiger partial charge in [-0.05, 0) is 63.2 Å². The molecule has 0 aliphatic rings. The second kappa shape index (κ2) is 9.57. The molecule has 0 unspecified atom stereocenters. The van der Waals surface area contributed by atoms with Crippen molar-refractivity contribution >= 4 is 0 Å². The zero-order valence-corrected chi connectivity index (χ0v) is 21.2. The van der Waals surface area contributed by atoms with E-state index in [9.17, 15) is 22.0 Å². The molecule has 0 fully saturated rings. The molecule has 4 heterocycles. The van der Waals surface area contributed by atoms with Crippen LogP contribution in [0.2, 0.25) is 0 Å². The number of pyridine rings is 3. The third-order valence-electron chi connectivity index (χ3n) is 5.31. The summed E-state index contributed by atoms with van der Waals surface area (Å²) in [6, 6.07) is 11.1. The van der Waals surface area contributed by atoms with E-state index >= 15 is 0 Å². The molecule has 5 nitrogen and oxygen atoms in total. The van der Waals surface area contributed by atoms with Crippen molar-refractivity contribution in [1.29, 1.82) is 0 Å². The van der Waals surface area contributed by atoms with E-state index in [1.54, 1.807) is 38.1 Å². The summed E-state index contributed by atoms with van der Waals surface area (Å²) in [4.78, 5) is 12.3. The maximum atomic E-state index is 14.3. The number of hydrogen-bond donors (Lipinski definition) is 0. The van der Waals surface area contributed by atoms with Crippen LogP contribution in [0.3, 0.4) is 0 Å². The summed E-state index contributed by atoms with van der Waals surface area (Å²) in [5, 5.41) is 6.86. The zero-order chi connectivity index (χ0) is 24.8. The minimum atomic E-state index is -4.61. The molecule has 0 radical (unpaired) electrons. The van der Waals surface area contributed by atoms with Gasteiger partial charge in [0.2, 0.25) is 0 Å². The molecule has 4 rings (SSSR count). The summed E-state index contributed by atoms with van der Waals surface area (Å²) < 4.78 is 66.4. The van der Waals surface area contributed by atoms with Gasteiger partial charge >= 0.3 is 27.2 Å². The van der Waals surface area contributed by atoms with E-state index in [1.807, 2.05) is 13.8 Å². The van der Waals surface area contributed by atoms with E-state index in [2.05, 4.69) is 31.2 Å². The average molecular weight is 667 g/mol. The molecule has 0 bridgehead atoms. The third kappa shape index (κ3) is 5.48. The summed E-state index contributed by atoms with van der Waals surface area (Å²) >= 11 is 0. The molecule has 35 heavy (non-hydrogen) atoms. The monoisotopic (exact) mass is 666 g/mol. The van der Waals surface area contributed by atoms with Crippen molar-refractivity contribution in [2.45, 2.75) is 39.3 Å². The van der Waals surface area contributed by atoms with Gasteiger partial charge in [-0.25, -0.2) is 8.78 Å². The van der Waals surface area contributed by atoms with Crippen molar-refractivity contribution in [3.8, 4) is 22.6 Å². The first-order chi connectivity index (χ1) is 15.8. The molecule has 0 aliphatic heterocycles. The van der Waals surface area contributed by atoms with Gasteiger partial charge in [-0.3, -0.25) is 9.97 Å². The molecule has 0 atom stereocenters. The zero-order valence-electron chi connectivity index (χ0n) is 18.9. The van der Waals surface area contributed by atoms with Gasteiger partial charge in [-0.15, -0.1) is 6.07 Å². The van der Waals surface area contributed by atoms with Gasteiger partial charge in [0.05, 0.1) is 11.4 Å². The molecule has 11 heteroatoms. The van der Waals surface area contributed by atoms with E-state index in [4.69, 9.17) is 0 Å². The summed E-state index contributed by atoms with van der Waals surface area (Å²) in [6.07, 6.45) is -4.61. The van der Waals surface area contributed by atoms with E-state index in [-0.39, 0.29) is 43.7 Å². The van der Waals surface area contributed by atoms with Gasteiger partial charge in [-0.2, -0.15) is 13.2 Å². The maximum absolute atomic E-state index is 14.3. The number of aryl methyl sites for hydroxylation is 2. The van der Waals surface area contributed by atoms with Crippen LogP contribution in [-0.2, 0) is 32.7 Å². The van der Waals surface area contributed by atoms with Crippen LogP contribution in [0, 0.1) is 31.8 Å². The maximum Gasteiger partial charge on any atom is 2.00 e. The first kappa shape index (κ1) is 26.6. The smallest absolute Gasteiger partial charge is 0.573 e. The predicted molar refractivity (Wildman–Crippen MR) is 114 cm³/mol. The number of nitrogens with zero attached hydrogens (tertiary/aromatic N) is 5. The molecule has 4 aromatic rings. The summed E-state index contributed by atoms with van der Waals surface area (Å²) in [5.74, 6) is -2.02. The number of halogens is 5. The Morgan fingerprint density at radius 2 is 1.37 bits per heavy atom. The summed E-state index contributed by atoms with van der Waals surface area (Å²) in [6.45, 7) is 7.26. The number of rotatable bonds is 4. The Bertz CT molecular complexity index is 1380. The quantitative estimate of drug-likeness (QED) is 0.161. The molecule has 0 spiro atoms. The molecule has 184 valence electrons. The molecule has 0 aromatic carbocycles. The van der Waals surface area contributed by atoms with Gasteiger partial charge in [0, 0.05) is 11.1 Å². The Hall–Kier alpha value is -3.00. The first-order valence-corrected chi connectivity index (χ1v) is 10.1. The van der Waals surface area contributed by atoms with Crippen LogP contribution >= 0.6 is 0 Å². The second-order valence-corrected chi connectivity index (χ2v) is 8.46. The molecular formula is C24H18F5N5Pt. The first-order valence-electron chi connectivity index (χ1n) is 10.1. The minimum absolute atomic E-state index is 0. The summed E-state index contributed by atoms with van der Waals surface area (Å²) in [5.41, 5.74) is 0.999. The van der Waals surface area contributed by atoms with Crippen molar-refractivity contribution in [2.24, 2.45) is 0 Å². The van der Waals surface area contributed by atoms with Crippen LogP contribution in [0.5, 0.6) is 0 Å².